The number of anilines is 1. The minimum absolute atomic E-state index is 0.129. The van der Waals surface area contributed by atoms with Gasteiger partial charge < -0.3 is 5.32 Å². The van der Waals surface area contributed by atoms with Gasteiger partial charge in [-0.2, -0.15) is 0 Å². The summed E-state index contributed by atoms with van der Waals surface area (Å²) >= 11 is 0. The van der Waals surface area contributed by atoms with E-state index >= 15 is 0 Å². The topological polar surface area (TPSA) is 12.0 Å². The van der Waals surface area contributed by atoms with Crippen molar-refractivity contribution in [3.63, 3.8) is 0 Å². The molecule has 72 valence electrons. The molecule has 0 saturated heterocycles. The normalized spacial score (nSPS) is 11.5. The van der Waals surface area contributed by atoms with Crippen molar-refractivity contribution in [2.45, 2.75) is 26.2 Å². The van der Waals surface area contributed by atoms with Crippen molar-refractivity contribution < 1.29 is 4.39 Å². The van der Waals surface area contributed by atoms with Crippen molar-refractivity contribution in [2.24, 2.45) is 0 Å². The van der Waals surface area contributed by atoms with Crippen LogP contribution in [0.3, 0.4) is 0 Å². The molecule has 0 radical (unpaired) electrons. The van der Waals surface area contributed by atoms with Crippen molar-refractivity contribution in [2.75, 3.05) is 12.4 Å². The Morgan fingerprint density at radius 1 is 1.23 bits per heavy atom. The molecule has 0 bridgehead atoms. The summed E-state index contributed by atoms with van der Waals surface area (Å²) in [6.07, 6.45) is 0. The van der Waals surface area contributed by atoms with Crippen molar-refractivity contribution in [1.29, 1.82) is 0 Å². The van der Waals surface area contributed by atoms with Crippen molar-refractivity contribution in [1.82, 2.24) is 0 Å². The first-order chi connectivity index (χ1) is 5.95. The molecule has 1 aromatic carbocycles. The van der Waals surface area contributed by atoms with Gasteiger partial charge >= 0.3 is 0 Å². The molecular weight excluding hydrogens is 165 g/mol. The van der Waals surface area contributed by atoms with Gasteiger partial charge in [0.05, 0.1) is 0 Å². The molecule has 1 N–H and O–H groups in total. The first kappa shape index (κ1) is 10.0. The third-order valence-corrected chi connectivity index (χ3v) is 2.07. The number of halogens is 1. The predicted octanol–water partition coefficient (Wildman–Crippen LogP) is 3.16. The summed E-state index contributed by atoms with van der Waals surface area (Å²) in [7, 11) is 1.78. The van der Waals surface area contributed by atoms with Crippen LogP contribution in [0.4, 0.5) is 10.1 Å². The lowest BCUT2D eigenvalue weighted by atomic mass is 9.86. The van der Waals surface area contributed by atoms with Gasteiger partial charge in [0.2, 0.25) is 0 Å². The molecule has 13 heavy (non-hydrogen) atoms. The molecule has 0 heterocycles. The highest BCUT2D eigenvalue weighted by atomic mass is 19.1. The molecule has 0 fully saturated rings. The van der Waals surface area contributed by atoms with E-state index in [2.05, 4.69) is 5.32 Å². The molecule has 0 aromatic heterocycles. The van der Waals surface area contributed by atoms with Crippen molar-refractivity contribution in [3.8, 4) is 0 Å². The fraction of sp³-hybridized carbons (Fsp3) is 0.455. The Bertz CT molecular complexity index is 299. The summed E-state index contributed by atoms with van der Waals surface area (Å²) in [5.74, 6) is -0.139. The molecule has 1 nitrogen and oxygen atoms in total. The molecule has 1 aromatic rings. The second-order valence-corrected chi connectivity index (χ2v) is 4.19. The maximum Gasteiger partial charge on any atom is 0.128 e. The van der Waals surface area contributed by atoms with Gasteiger partial charge in [0.15, 0.2) is 0 Å². The lowest BCUT2D eigenvalue weighted by Crippen LogP contribution is -2.13. The quantitative estimate of drug-likeness (QED) is 0.701. The largest absolute Gasteiger partial charge is 0.388 e. The number of benzene rings is 1. The Balaban J connectivity index is 3.13. The van der Waals surface area contributed by atoms with Gasteiger partial charge in [0.1, 0.15) is 5.82 Å². The minimum Gasteiger partial charge on any atom is -0.388 e. The molecule has 0 aliphatic heterocycles. The van der Waals surface area contributed by atoms with E-state index in [1.54, 1.807) is 7.05 Å². The number of hydrogen-bond acceptors (Lipinski definition) is 1. The molecule has 0 amide bonds. The van der Waals surface area contributed by atoms with Crippen LogP contribution < -0.4 is 5.32 Å². The second-order valence-electron chi connectivity index (χ2n) is 4.19. The molecule has 1 rings (SSSR count). The van der Waals surface area contributed by atoms with E-state index in [1.807, 2.05) is 32.9 Å². The fourth-order valence-electron chi connectivity index (χ4n) is 1.28. The maximum absolute atomic E-state index is 13.5. The molecule has 2 heteroatoms. The van der Waals surface area contributed by atoms with Crippen molar-refractivity contribution in [3.05, 3.63) is 29.6 Å². The summed E-state index contributed by atoms with van der Waals surface area (Å²) in [6, 6.07) is 5.26. The Labute approximate surface area is 79.0 Å². The minimum atomic E-state index is -0.139. The fourth-order valence-corrected chi connectivity index (χ4v) is 1.28. The molecule has 0 unspecified atom stereocenters. The van der Waals surface area contributed by atoms with Crippen LogP contribution in [0.5, 0.6) is 0 Å². The van der Waals surface area contributed by atoms with E-state index in [0.29, 0.717) is 0 Å². The van der Waals surface area contributed by atoms with Gasteiger partial charge in [-0.1, -0.05) is 26.8 Å². The third kappa shape index (κ3) is 2.20. The molecular formula is C11H16FN. The van der Waals surface area contributed by atoms with Crippen LogP contribution >= 0.6 is 0 Å². The maximum atomic E-state index is 13.5. The van der Waals surface area contributed by atoms with E-state index in [0.717, 1.165) is 11.3 Å². The van der Waals surface area contributed by atoms with E-state index in [4.69, 9.17) is 0 Å². The van der Waals surface area contributed by atoms with Gasteiger partial charge in [0, 0.05) is 12.7 Å². The molecule has 0 spiro atoms. The van der Waals surface area contributed by atoms with Gasteiger partial charge in [-0.15, -0.1) is 0 Å². The first-order valence-corrected chi connectivity index (χ1v) is 4.43. The van der Waals surface area contributed by atoms with Crippen LogP contribution in [-0.4, -0.2) is 7.05 Å². The van der Waals surface area contributed by atoms with Crippen LogP contribution in [-0.2, 0) is 5.41 Å². The highest BCUT2D eigenvalue weighted by molar-refractivity contribution is 5.45. The zero-order valence-electron chi connectivity index (χ0n) is 8.61. The lowest BCUT2D eigenvalue weighted by molar-refractivity contribution is 0.523. The number of hydrogen-bond donors (Lipinski definition) is 1. The Hall–Kier alpha value is -1.05. The van der Waals surface area contributed by atoms with Crippen LogP contribution in [0, 0.1) is 5.82 Å². The van der Waals surface area contributed by atoms with Gasteiger partial charge in [-0.05, 0) is 23.1 Å². The van der Waals surface area contributed by atoms with Crippen LogP contribution in [0.15, 0.2) is 18.2 Å². The van der Waals surface area contributed by atoms with Crippen LogP contribution in [0.25, 0.3) is 0 Å². The monoisotopic (exact) mass is 181 g/mol. The molecule has 0 saturated carbocycles. The smallest absolute Gasteiger partial charge is 0.128 e. The standard InChI is InChI=1S/C11H16FN/c1-11(2,3)9-6-5-8(13-4)7-10(9)12/h5-7,13H,1-4H3. The van der Waals surface area contributed by atoms with E-state index in [-0.39, 0.29) is 11.2 Å². The van der Waals surface area contributed by atoms with Gasteiger partial charge in [0.25, 0.3) is 0 Å². The average Bonchev–Trinajstić information content (AvgIpc) is 2.01. The molecule has 0 atom stereocenters. The Morgan fingerprint density at radius 3 is 2.23 bits per heavy atom. The predicted molar refractivity (Wildman–Crippen MR) is 54.6 cm³/mol. The van der Waals surface area contributed by atoms with E-state index in [1.165, 1.54) is 6.07 Å². The second kappa shape index (κ2) is 3.36. The summed E-state index contributed by atoms with van der Waals surface area (Å²) in [4.78, 5) is 0. The van der Waals surface area contributed by atoms with Crippen molar-refractivity contribution >= 4 is 5.69 Å². The van der Waals surface area contributed by atoms with Gasteiger partial charge in [-0.3, -0.25) is 0 Å². The van der Waals surface area contributed by atoms with Gasteiger partial charge in [-0.25, -0.2) is 4.39 Å². The SMILES string of the molecule is CNc1ccc(C(C)(C)C)c(F)c1. The number of rotatable bonds is 1. The van der Waals surface area contributed by atoms with Crippen LogP contribution in [0.2, 0.25) is 0 Å². The highest BCUT2D eigenvalue weighted by Crippen LogP contribution is 2.26. The highest BCUT2D eigenvalue weighted by Gasteiger charge is 2.17. The number of nitrogens with one attached hydrogen (secondary N) is 1. The summed E-state index contributed by atoms with van der Waals surface area (Å²) < 4.78 is 13.5. The third-order valence-electron chi connectivity index (χ3n) is 2.07. The summed E-state index contributed by atoms with van der Waals surface area (Å²) in [5, 5.41) is 2.91. The summed E-state index contributed by atoms with van der Waals surface area (Å²) in [5.41, 5.74) is 1.44. The van der Waals surface area contributed by atoms with E-state index in [9.17, 15) is 4.39 Å². The molecule has 0 aliphatic rings. The Kier molecular flexibility index (Phi) is 2.60. The Morgan fingerprint density at radius 2 is 1.85 bits per heavy atom. The van der Waals surface area contributed by atoms with E-state index < -0.39 is 0 Å². The van der Waals surface area contributed by atoms with Crippen LogP contribution in [0.1, 0.15) is 26.3 Å². The first-order valence-electron chi connectivity index (χ1n) is 4.43. The average molecular weight is 181 g/mol. The summed E-state index contributed by atoms with van der Waals surface area (Å²) in [6.45, 7) is 6.01. The zero-order valence-corrected chi connectivity index (χ0v) is 8.61. The molecule has 0 aliphatic carbocycles. The zero-order chi connectivity index (χ0) is 10.1. The lowest BCUT2D eigenvalue weighted by Gasteiger charge is -2.20.